The molecule has 0 amide bonds. The molecule has 0 N–H and O–H groups in total. The van der Waals surface area contributed by atoms with E-state index in [1.54, 1.807) is 12.5 Å². The van der Waals surface area contributed by atoms with E-state index in [0.29, 0.717) is 11.6 Å². The zero-order valence-electron chi connectivity index (χ0n) is 15.9. The number of nitrogens with zero attached hydrogens (tertiary/aromatic N) is 2. The lowest BCUT2D eigenvalue weighted by molar-refractivity contribution is 0.120. The SMILES string of the molecule is CCC(OC(=O)SC(Cn1ccnc1)c1ccc(Cl)cc1)c1ccc(C)cc1. The Morgan fingerprint density at radius 2 is 1.82 bits per heavy atom. The molecule has 0 aliphatic carbocycles. The molecule has 2 unspecified atom stereocenters. The molecule has 1 heterocycles. The summed E-state index contributed by atoms with van der Waals surface area (Å²) < 4.78 is 7.75. The van der Waals surface area contributed by atoms with Crippen LogP contribution in [0.5, 0.6) is 0 Å². The Morgan fingerprint density at radius 1 is 1.14 bits per heavy atom. The highest BCUT2D eigenvalue weighted by Gasteiger charge is 2.22. The highest BCUT2D eigenvalue weighted by atomic mass is 35.5. The van der Waals surface area contributed by atoms with Crippen molar-refractivity contribution in [3.05, 3.63) is 89.0 Å². The zero-order valence-corrected chi connectivity index (χ0v) is 17.5. The van der Waals surface area contributed by atoms with Crippen molar-refractivity contribution in [3.63, 3.8) is 0 Å². The van der Waals surface area contributed by atoms with Gasteiger partial charge in [-0.2, -0.15) is 0 Å². The third kappa shape index (κ3) is 5.63. The van der Waals surface area contributed by atoms with Crippen LogP contribution in [0.1, 0.15) is 41.4 Å². The number of rotatable bonds is 7. The van der Waals surface area contributed by atoms with Gasteiger partial charge >= 0.3 is 5.30 Å². The first-order valence-corrected chi connectivity index (χ1v) is 10.5. The molecule has 0 aliphatic heterocycles. The molecule has 0 saturated heterocycles. The normalized spacial score (nSPS) is 13.1. The Bertz CT molecular complexity index is 880. The number of hydrogen-bond donors (Lipinski definition) is 0. The van der Waals surface area contributed by atoms with E-state index in [9.17, 15) is 4.79 Å². The minimum atomic E-state index is -0.285. The van der Waals surface area contributed by atoms with Crippen LogP contribution in [0, 0.1) is 6.92 Å². The lowest BCUT2D eigenvalue weighted by Gasteiger charge is -2.20. The fourth-order valence-corrected chi connectivity index (χ4v) is 3.97. The number of aromatic nitrogens is 2. The number of halogens is 1. The van der Waals surface area contributed by atoms with E-state index in [1.807, 2.05) is 73.1 Å². The quantitative estimate of drug-likeness (QED) is 0.408. The molecule has 1 aromatic heterocycles. The molecule has 0 spiro atoms. The van der Waals surface area contributed by atoms with Gasteiger partial charge in [0, 0.05) is 24.0 Å². The van der Waals surface area contributed by atoms with E-state index < -0.39 is 0 Å². The van der Waals surface area contributed by atoms with Gasteiger partial charge in [0.2, 0.25) is 0 Å². The predicted molar refractivity (Wildman–Crippen MR) is 115 cm³/mol. The summed E-state index contributed by atoms with van der Waals surface area (Å²) in [5, 5.41) is 0.283. The van der Waals surface area contributed by atoms with Gasteiger partial charge in [0.25, 0.3) is 0 Å². The van der Waals surface area contributed by atoms with Gasteiger partial charge in [-0.1, -0.05) is 60.5 Å². The van der Waals surface area contributed by atoms with E-state index in [2.05, 4.69) is 4.98 Å². The van der Waals surface area contributed by atoms with Crippen molar-refractivity contribution >= 4 is 28.7 Å². The summed E-state index contributed by atoms with van der Waals surface area (Å²) in [5.74, 6) is 0. The fourth-order valence-electron chi connectivity index (χ4n) is 2.90. The highest BCUT2D eigenvalue weighted by Crippen LogP contribution is 2.35. The molecule has 28 heavy (non-hydrogen) atoms. The Labute approximate surface area is 174 Å². The van der Waals surface area contributed by atoms with E-state index in [1.165, 1.54) is 17.3 Å². The van der Waals surface area contributed by atoms with E-state index in [4.69, 9.17) is 16.3 Å². The molecule has 0 aliphatic rings. The number of aryl methyl sites for hydroxylation is 1. The number of thioether (sulfide) groups is 1. The van der Waals surface area contributed by atoms with Crippen LogP contribution >= 0.6 is 23.4 Å². The lowest BCUT2D eigenvalue weighted by atomic mass is 10.1. The third-order valence-electron chi connectivity index (χ3n) is 4.47. The molecule has 3 rings (SSSR count). The molecule has 0 saturated carbocycles. The largest absolute Gasteiger partial charge is 0.449 e. The van der Waals surface area contributed by atoms with E-state index >= 15 is 0 Å². The molecule has 4 nitrogen and oxygen atoms in total. The van der Waals surface area contributed by atoms with E-state index in [-0.39, 0.29) is 16.7 Å². The molecule has 6 heteroatoms. The summed E-state index contributed by atoms with van der Waals surface area (Å²) in [4.78, 5) is 16.8. The molecular formula is C22H23ClN2O2S. The van der Waals surface area contributed by atoms with Crippen LogP contribution in [0.25, 0.3) is 0 Å². The maximum absolute atomic E-state index is 12.7. The van der Waals surface area contributed by atoms with Crippen molar-refractivity contribution < 1.29 is 9.53 Å². The summed E-state index contributed by atoms with van der Waals surface area (Å²) in [6.07, 6.45) is 5.83. The molecule has 0 fully saturated rings. The molecule has 2 atom stereocenters. The topological polar surface area (TPSA) is 44.1 Å². The molecule has 0 radical (unpaired) electrons. The molecule has 0 bridgehead atoms. The standard InChI is InChI=1S/C22H23ClN2O2S/c1-3-20(17-6-4-16(2)5-7-17)27-22(26)28-21(14-25-13-12-24-15-25)18-8-10-19(23)11-9-18/h4-13,15,20-21H,3,14H2,1-2H3. The van der Waals surface area contributed by atoms with Crippen LogP contribution in [0.4, 0.5) is 4.79 Å². The van der Waals surface area contributed by atoms with Crippen LogP contribution in [0.15, 0.2) is 67.3 Å². The smallest absolute Gasteiger partial charge is 0.368 e. The summed E-state index contributed by atoms with van der Waals surface area (Å²) >= 11 is 7.21. The van der Waals surface area contributed by atoms with Crippen LogP contribution in [0.2, 0.25) is 5.02 Å². The Balaban J connectivity index is 1.72. The summed E-state index contributed by atoms with van der Waals surface area (Å²) in [6.45, 7) is 4.67. The number of ether oxygens (including phenoxy) is 1. The van der Waals surface area contributed by atoms with Gasteiger partial charge < -0.3 is 9.30 Å². The van der Waals surface area contributed by atoms with Crippen molar-refractivity contribution in [2.75, 3.05) is 0 Å². The average molecular weight is 415 g/mol. The maximum atomic E-state index is 12.7. The second-order valence-corrected chi connectivity index (χ2v) is 8.17. The Hall–Kier alpha value is -2.24. The zero-order chi connectivity index (χ0) is 19.9. The van der Waals surface area contributed by atoms with Gasteiger partial charge in [0.1, 0.15) is 6.10 Å². The number of carbonyl (C=O) groups is 1. The van der Waals surface area contributed by atoms with Crippen LogP contribution in [-0.4, -0.2) is 14.9 Å². The van der Waals surface area contributed by atoms with Crippen LogP contribution < -0.4 is 0 Å². The fraction of sp³-hybridized carbons (Fsp3) is 0.273. The van der Waals surface area contributed by atoms with Gasteiger partial charge in [-0.15, -0.1) is 0 Å². The molecular weight excluding hydrogens is 392 g/mol. The van der Waals surface area contributed by atoms with Gasteiger partial charge in [-0.25, -0.2) is 9.78 Å². The van der Waals surface area contributed by atoms with Crippen LogP contribution in [0.3, 0.4) is 0 Å². The van der Waals surface area contributed by atoms with Crippen LogP contribution in [-0.2, 0) is 11.3 Å². The number of benzene rings is 2. The van der Waals surface area contributed by atoms with Crippen molar-refractivity contribution in [1.29, 1.82) is 0 Å². The first-order valence-electron chi connectivity index (χ1n) is 9.20. The summed E-state index contributed by atoms with van der Waals surface area (Å²) in [7, 11) is 0. The lowest BCUT2D eigenvalue weighted by Crippen LogP contribution is -2.11. The molecule has 146 valence electrons. The Morgan fingerprint density at radius 3 is 2.43 bits per heavy atom. The summed E-state index contributed by atoms with van der Waals surface area (Å²) in [5.41, 5.74) is 3.21. The second-order valence-electron chi connectivity index (χ2n) is 6.59. The first-order chi connectivity index (χ1) is 13.5. The van der Waals surface area contributed by atoms with Gasteiger partial charge in [-0.05, 0) is 48.4 Å². The third-order valence-corrected chi connectivity index (χ3v) is 5.72. The second kappa shape index (κ2) is 9.80. The molecule has 2 aromatic carbocycles. The maximum Gasteiger partial charge on any atom is 0.368 e. The predicted octanol–water partition coefficient (Wildman–Crippen LogP) is 6.61. The van der Waals surface area contributed by atoms with Crippen molar-refractivity contribution in [2.24, 2.45) is 0 Å². The Kier molecular flexibility index (Phi) is 7.18. The van der Waals surface area contributed by atoms with E-state index in [0.717, 1.165) is 17.5 Å². The van der Waals surface area contributed by atoms with Crippen molar-refractivity contribution in [2.45, 2.75) is 38.2 Å². The van der Waals surface area contributed by atoms with Gasteiger partial charge in [-0.3, -0.25) is 0 Å². The minimum absolute atomic E-state index is 0.102. The monoisotopic (exact) mass is 414 g/mol. The van der Waals surface area contributed by atoms with Gasteiger partial charge in [0.15, 0.2) is 0 Å². The summed E-state index contributed by atoms with van der Waals surface area (Å²) in [6, 6.07) is 15.7. The number of hydrogen-bond acceptors (Lipinski definition) is 4. The first kappa shape index (κ1) is 20.5. The van der Waals surface area contributed by atoms with Crippen molar-refractivity contribution in [3.8, 4) is 0 Å². The molecule has 3 aromatic rings. The van der Waals surface area contributed by atoms with Gasteiger partial charge in [0.05, 0.1) is 11.6 Å². The number of carbonyl (C=O) groups excluding carboxylic acids is 1. The number of imidazole rings is 1. The highest BCUT2D eigenvalue weighted by molar-refractivity contribution is 8.13. The minimum Gasteiger partial charge on any atom is -0.449 e. The van der Waals surface area contributed by atoms with Crippen molar-refractivity contribution in [1.82, 2.24) is 9.55 Å². The average Bonchev–Trinajstić information content (AvgIpc) is 3.20.